The lowest BCUT2D eigenvalue weighted by Gasteiger charge is -2.43. The average Bonchev–Trinajstić information content (AvgIpc) is 3.46. The van der Waals surface area contributed by atoms with Crippen molar-refractivity contribution in [3.05, 3.63) is 77.7 Å². The van der Waals surface area contributed by atoms with E-state index in [1.54, 1.807) is 11.3 Å². The van der Waals surface area contributed by atoms with Gasteiger partial charge in [0.2, 0.25) is 5.91 Å². The molecule has 0 unspecified atom stereocenters. The SMILES string of the molecule is O=C1N(C[C@H]2CO2)CN(c2ccccc2)C12CCN(CCc1ccccc1-c1cccs1)CC2.S. The molecule has 1 spiro atoms. The fourth-order valence-electron chi connectivity index (χ4n) is 5.60. The smallest absolute Gasteiger partial charge is 0.250 e. The summed E-state index contributed by atoms with van der Waals surface area (Å²) in [5, 5.41) is 2.14. The number of benzene rings is 2. The Morgan fingerprint density at radius 1 is 0.971 bits per heavy atom. The van der Waals surface area contributed by atoms with Crippen LogP contribution in [0.15, 0.2) is 72.1 Å². The quantitative estimate of drug-likeness (QED) is 0.438. The second kappa shape index (κ2) is 10.3. The Bertz CT molecular complexity index is 1130. The lowest BCUT2D eigenvalue weighted by atomic mass is 9.85. The van der Waals surface area contributed by atoms with Gasteiger partial charge in [0.15, 0.2) is 0 Å². The minimum Gasteiger partial charge on any atom is -0.371 e. The number of nitrogens with zero attached hydrogens (tertiary/aromatic N) is 3. The van der Waals surface area contributed by atoms with E-state index in [0.29, 0.717) is 13.2 Å². The van der Waals surface area contributed by atoms with E-state index in [-0.39, 0.29) is 25.5 Å². The van der Waals surface area contributed by atoms with Crippen LogP contribution in [-0.4, -0.2) is 66.8 Å². The predicted molar refractivity (Wildman–Crippen MR) is 147 cm³/mol. The van der Waals surface area contributed by atoms with E-state index >= 15 is 0 Å². The summed E-state index contributed by atoms with van der Waals surface area (Å²) in [5.74, 6) is 0.287. The fraction of sp³-hybridized carbons (Fsp3) is 0.393. The highest BCUT2D eigenvalue weighted by Gasteiger charge is 2.54. The van der Waals surface area contributed by atoms with Gasteiger partial charge in [0.05, 0.1) is 25.9 Å². The van der Waals surface area contributed by atoms with Gasteiger partial charge in [-0.1, -0.05) is 48.5 Å². The van der Waals surface area contributed by atoms with Crippen molar-refractivity contribution >= 4 is 36.4 Å². The van der Waals surface area contributed by atoms with E-state index in [1.807, 2.05) is 11.0 Å². The number of para-hydroxylation sites is 1. The van der Waals surface area contributed by atoms with Gasteiger partial charge in [0, 0.05) is 30.2 Å². The maximum atomic E-state index is 13.7. The van der Waals surface area contributed by atoms with E-state index in [4.69, 9.17) is 4.74 Å². The first kappa shape index (κ1) is 24.4. The minimum absolute atomic E-state index is 0. The lowest BCUT2D eigenvalue weighted by molar-refractivity contribution is -0.133. The van der Waals surface area contributed by atoms with Crippen LogP contribution in [0.3, 0.4) is 0 Å². The first-order chi connectivity index (χ1) is 16.7. The van der Waals surface area contributed by atoms with Crippen molar-refractivity contribution in [2.45, 2.75) is 30.9 Å². The zero-order valence-electron chi connectivity index (χ0n) is 19.9. The second-order valence-corrected chi connectivity index (χ2v) is 10.6. The van der Waals surface area contributed by atoms with Crippen LogP contribution in [0.25, 0.3) is 10.4 Å². The molecule has 3 aliphatic rings. The molecule has 0 N–H and O–H groups in total. The molecule has 0 radical (unpaired) electrons. The highest BCUT2D eigenvalue weighted by Crippen LogP contribution is 2.40. The molecule has 5 nitrogen and oxygen atoms in total. The summed E-state index contributed by atoms with van der Waals surface area (Å²) in [7, 11) is 0. The molecule has 1 atom stereocenters. The van der Waals surface area contributed by atoms with E-state index < -0.39 is 5.54 Å². The van der Waals surface area contributed by atoms with Gasteiger partial charge >= 0.3 is 0 Å². The van der Waals surface area contributed by atoms with E-state index in [2.05, 4.69) is 75.8 Å². The van der Waals surface area contributed by atoms with E-state index in [9.17, 15) is 4.79 Å². The molecule has 0 saturated carbocycles. The summed E-state index contributed by atoms with van der Waals surface area (Å²) in [6.45, 7) is 5.08. The van der Waals surface area contributed by atoms with Crippen LogP contribution in [-0.2, 0) is 16.0 Å². The number of carbonyl (C=O) groups is 1. The van der Waals surface area contributed by atoms with Crippen molar-refractivity contribution in [2.75, 3.05) is 44.4 Å². The third-order valence-electron chi connectivity index (χ3n) is 7.59. The summed E-state index contributed by atoms with van der Waals surface area (Å²) in [4.78, 5) is 22.0. The maximum Gasteiger partial charge on any atom is 0.250 e. The number of anilines is 1. The van der Waals surface area contributed by atoms with Crippen molar-refractivity contribution in [3.8, 4) is 10.4 Å². The highest BCUT2D eigenvalue weighted by atomic mass is 32.1. The first-order valence-corrected chi connectivity index (χ1v) is 13.2. The van der Waals surface area contributed by atoms with Crippen LogP contribution in [0.5, 0.6) is 0 Å². The third-order valence-corrected chi connectivity index (χ3v) is 8.50. The Morgan fingerprint density at radius 2 is 1.71 bits per heavy atom. The molecule has 0 aliphatic carbocycles. The number of thiophene rings is 1. The topological polar surface area (TPSA) is 39.3 Å². The maximum absolute atomic E-state index is 13.7. The molecule has 3 fully saturated rings. The van der Waals surface area contributed by atoms with Crippen molar-refractivity contribution < 1.29 is 9.53 Å². The fourth-order valence-corrected chi connectivity index (χ4v) is 6.38. The van der Waals surface area contributed by atoms with Crippen molar-refractivity contribution in [3.63, 3.8) is 0 Å². The van der Waals surface area contributed by atoms with Crippen molar-refractivity contribution in [2.24, 2.45) is 0 Å². The number of hydrogen-bond donors (Lipinski definition) is 0. The molecule has 6 rings (SSSR count). The summed E-state index contributed by atoms with van der Waals surface area (Å²) in [6.07, 6.45) is 2.99. The van der Waals surface area contributed by atoms with Gasteiger partial charge in [0.25, 0.3) is 0 Å². The monoisotopic (exact) mass is 507 g/mol. The van der Waals surface area contributed by atoms with Crippen molar-refractivity contribution in [1.82, 2.24) is 9.80 Å². The highest BCUT2D eigenvalue weighted by molar-refractivity contribution is 7.59. The Morgan fingerprint density at radius 3 is 2.43 bits per heavy atom. The van der Waals surface area contributed by atoms with Gasteiger partial charge in [-0.05, 0) is 54.0 Å². The van der Waals surface area contributed by atoms with Gasteiger partial charge in [-0.15, -0.1) is 11.3 Å². The molecule has 35 heavy (non-hydrogen) atoms. The molecule has 0 bridgehead atoms. The summed E-state index contributed by atoms with van der Waals surface area (Å²) < 4.78 is 5.44. The van der Waals surface area contributed by atoms with E-state index in [1.165, 1.54) is 16.0 Å². The Labute approximate surface area is 218 Å². The standard InChI is InChI=1S/C28H31N3O2S.H2S/c32-27-28(31(23-8-2-1-3-9-23)21-30(27)19-24-20-33-24)13-16-29(17-14-28)15-12-22-7-4-5-10-25(22)26-11-6-18-34-26;/h1-11,18,24H,12-17,19-21H2;1H2/t24-;/m0./s1. The van der Waals surface area contributed by atoms with Gasteiger partial charge in [-0.25, -0.2) is 0 Å². The molecule has 3 saturated heterocycles. The molecule has 7 heteroatoms. The molecular weight excluding hydrogens is 474 g/mol. The zero-order chi connectivity index (χ0) is 23.0. The summed E-state index contributed by atoms with van der Waals surface area (Å²) in [5.41, 5.74) is 3.48. The largest absolute Gasteiger partial charge is 0.371 e. The zero-order valence-corrected chi connectivity index (χ0v) is 21.8. The molecular formula is C28H33N3O2S2. The normalized spacial score (nSPS) is 21.4. The average molecular weight is 508 g/mol. The number of rotatable bonds is 7. The van der Waals surface area contributed by atoms with Crippen LogP contribution >= 0.6 is 24.8 Å². The number of epoxide rings is 1. The number of likely N-dealkylation sites (tertiary alicyclic amines) is 1. The van der Waals surface area contributed by atoms with E-state index in [0.717, 1.165) is 51.2 Å². The minimum atomic E-state index is -0.429. The summed E-state index contributed by atoms with van der Waals surface area (Å²) >= 11 is 1.80. The van der Waals surface area contributed by atoms with Crippen LogP contribution < -0.4 is 4.90 Å². The number of carbonyl (C=O) groups excluding carboxylic acids is 1. The molecule has 1 amide bonds. The molecule has 3 aromatic rings. The van der Waals surface area contributed by atoms with Gasteiger partial charge in [0.1, 0.15) is 5.54 Å². The van der Waals surface area contributed by atoms with Gasteiger partial charge in [-0.3, -0.25) is 4.79 Å². The molecule has 184 valence electrons. The van der Waals surface area contributed by atoms with Crippen LogP contribution in [0.2, 0.25) is 0 Å². The van der Waals surface area contributed by atoms with Crippen LogP contribution in [0.4, 0.5) is 5.69 Å². The molecule has 3 aliphatic heterocycles. The van der Waals surface area contributed by atoms with Crippen LogP contribution in [0, 0.1) is 0 Å². The second-order valence-electron chi connectivity index (χ2n) is 9.65. The number of hydrogen-bond acceptors (Lipinski definition) is 5. The Balaban J connectivity index is 0.00000253. The molecule has 2 aromatic carbocycles. The lowest BCUT2D eigenvalue weighted by Crippen LogP contribution is -2.56. The number of piperidine rings is 1. The first-order valence-electron chi connectivity index (χ1n) is 12.3. The number of amides is 1. The third kappa shape index (κ3) is 4.87. The van der Waals surface area contributed by atoms with Gasteiger partial charge in [-0.2, -0.15) is 13.5 Å². The molecule has 1 aromatic heterocycles. The molecule has 4 heterocycles. The summed E-state index contributed by atoms with van der Waals surface area (Å²) in [6, 6.07) is 23.6. The Hall–Kier alpha value is -2.32. The van der Waals surface area contributed by atoms with Gasteiger partial charge < -0.3 is 19.4 Å². The van der Waals surface area contributed by atoms with Crippen LogP contribution in [0.1, 0.15) is 18.4 Å². The van der Waals surface area contributed by atoms with Crippen molar-refractivity contribution in [1.29, 1.82) is 0 Å². The number of ether oxygens (including phenoxy) is 1. The Kier molecular flexibility index (Phi) is 7.21. The predicted octanol–water partition coefficient (Wildman–Crippen LogP) is 4.61.